The van der Waals surface area contributed by atoms with Gasteiger partial charge in [0, 0.05) is 6.04 Å². The number of benzene rings is 1. The highest BCUT2D eigenvalue weighted by atomic mass is 32.2. The molecule has 1 amide bonds. The fourth-order valence-electron chi connectivity index (χ4n) is 5.55. The molecule has 0 aromatic heterocycles. The Labute approximate surface area is 150 Å². The Kier molecular flexibility index (Phi) is 4.18. The molecule has 5 rings (SSSR count). The van der Waals surface area contributed by atoms with E-state index in [9.17, 15) is 13.2 Å². The van der Waals surface area contributed by atoms with Crippen LogP contribution in [0.2, 0.25) is 0 Å². The molecule has 1 aromatic rings. The van der Waals surface area contributed by atoms with Gasteiger partial charge in [0.15, 0.2) is 9.84 Å². The molecule has 0 heterocycles. The van der Waals surface area contributed by atoms with Crippen molar-refractivity contribution in [3.63, 3.8) is 0 Å². The lowest BCUT2D eigenvalue weighted by Gasteiger charge is -2.54. The predicted molar refractivity (Wildman–Crippen MR) is 97.1 cm³/mol. The highest BCUT2D eigenvalue weighted by Crippen LogP contribution is 2.53. The van der Waals surface area contributed by atoms with Crippen LogP contribution in [0.4, 0.5) is 0 Å². The summed E-state index contributed by atoms with van der Waals surface area (Å²) in [5.41, 5.74) is 0.296. The van der Waals surface area contributed by atoms with Crippen LogP contribution in [0.3, 0.4) is 0 Å². The topological polar surface area (TPSA) is 63.2 Å². The third-order valence-electron chi connectivity index (χ3n) is 6.58. The fourth-order valence-corrected chi connectivity index (χ4v) is 6.79. The molecule has 1 N–H and O–H groups in total. The number of rotatable bonds is 4. The zero-order valence-electron chi connectivity index (χ0n) is 14.9. The summed E-state index contributed by atoms with van der Waals surface area (Å²) < 4.78 is 25.2. The molecule has 4 aliphatic rings. The van der Waals surface area contributed by atoms with Gasteiger partial charge in [0.25, 0.3) is 5.91 Å². The first-order chi connectivity index (χ1) is 11.9. The average Bonchev–Trinajstić information content (AvgIpc) is 2.57. The lowest BCUT2D eigenvalue weighted by atomic mass is 9.54. The van der Waals surface area contributed by atoms with Gasteiger partial charge in [0.05, 0.1) is 15.7 Å². The Balaban J connectivity index is 1.59. The molecule has 4 nitrogen and oxygen atoms in total. The molecule has 0 saturated heterocycles. The summed E-state index contributed by atoms with van der Waals surface area (Å²) in [6, 6.07) is 6.84. The van der Waals surface area contributed by atoms with E-state index in [1.165, 1.54) is 32.1 Å². The minimum Gasteiger partial charge on any atom is -0.349 e. The number of carbonyl (C=O) groups is 1. The molecule has 4 saturated carbocycles. The van der Waals surface area contributed by atoms with Gasteiger partial charge < -0.3 is 5.32 Å². The van der Waals surface area contributed by atoms with Gasteiger partial charge in [-0.3, -0.25) is 4.79 Å². The molecule has 0 atom stereocenters. The van der Waals surface area contributed by atoms with E-state index in [-0.39, 0.29) is 16.8 Å². The van der Waals surface area contributed by atoms with E-state index in [1.54, 1.807) is 38.1 Å². The van der Waals surface area contributed by atoms with Crippen LogP contribution < -0.4 is 5.32 Å². The molecule has 136 valence electrons. The summed E-state index contributed by atoms with van der Waals surface area (Å²) in [6.07, 6.45) is 6.28. The molecule has 0 aliphatic heterocycles. The monoisotopic (exact) mass is 361 g/mol. The number of sulfone groups is 1. The van der Waals surface area contributed by atoms with Gasteiger partial charge in [-0.1, -0.05) is 12.1 Å². The number of nitrogens with one attached hydrogen (secondary N) is 1. The summed E-state index contributed by atoms with van der Waals surface area (Å²) in [4.78, 5) is 13.1. The molecule has 4 fully saturated rings. The van der Waals surface area contributed by atoms with Crippen molar-refractivity contribution in [3.8, 4) is 0 Å². The van der Waals surface area contributed by atoms with Gasteiger partial charge >= 0.3 is 0 Å². The zero-order chi connectivity index (χ0) is 17.8. The maximum Gasteiger partial charge on any atom is 0.252 e. The fraction of sp³-hybridized carbons (Fsp3) is 0.650. The molecule has 0 radical (unpaired) electrons. The smallest absolute Gasteiger partial charge is 0.252 e. The quantitative estimate of drug-likeness (QED) is 0.894. The van der Waals surface area contributed by atoms with Crippen LogP contribution >= 0.6 is 0 Å². The van der Waals surface area contributed by atoms with Crippen molar-refractivity contribution >= 4 is 15.7 Å². The molecular formula is C20H27NO3S. The third kappa shape index (κ3) is 2.90. The molecular weight excluding hydrogens is 334 g/mol. The molecule has 1 aromatic carbocycles. The summed E-state index contributed by atoms with van der Waals surface area (Å²) in [5, 5.41) is 2.69. The van der Waals surface area contributed by atoms with Gasteiger partial charge in [-0.25, -0.2) is 8.42 Å². The van der Waals surface area contributed by atoms with Crippen molar-refractivity contribution in [1.82, 2.24) is 5.32 Å². The normalized spacial score (nSPS) is 33.6. The van der Waals surface area contributed by atoms with Gasteiger partial charge in [-0.05, 0) is 81.8 Å². The van der Waals surface area contributed by atoms with Gasteiger partial charge in [-0.2, -0.15) is 0 Å². The van der Waals surface area contributed by atoms with E-state index >= 15 is 0 Å². The number of hydrogen-bond acceptors (Lipinski definition) is 3. The van der Waals surface area contributed by atoms with Crippen molar-refractivity contribution in [1.29, 1.82) is 0 Å². The summed E-state index contributed by atoms with van der Waals surface area (Å²) in [6.45, 7) is 3.31. The Bertz CT molecular complexity index is 756. The number of carbonyl (C=O) groups excluding carboxylic acids is 1. The van der Waals surface area contributed by atoms with Crippen LogP contribution in [0.5, 0.6) is 0 Å². The highest BCUT2D eigenvalue weighted by Gasteiger charge is 2.48. The molecule has 5 heteroatoms. The van der Waals surface area contributed by atoms with Gasteiger partial charge in [-0.15, -0.1) is 0 Å². The largest absolute Gasteiger partial charge is 0.349 e. The highest BCUT2D eigenvalue weighted by molar-refractivity contribution is 7.92. The number of hydrogen-bond donors (Lipinski definition) is 1. The Hall–Kier alpha value is -1.36. The van der Waals surface area contributed by atoms with E-state index in [1.807, 2.05) is 0 Å². The first-order valence-corrected chi connectivity index (χ1v) is 11.0. The van der Waals surface area contributed by atoms with Gasteiger partial charge in [0.2, 0.25) is 0 Å². The lowest BCUT2D eigenvalue weighted by Crippen LogP contribution is -2.55. The maximum atomic E-state index is 13.0. The predicted octanol–water partition coefficient (Wildman–Crippen LogP) is 3.42. The Morgan fingerprint density at radius 2 is 1.56 bits per heavy atom. The van der Waals surface area contributed by atoms with E-state index < -0.39 is 15.1 Å². The van der Waals surface area contributed by atoms with Crippen molar-refractivity contribution < 1.29 is 13.2 Å². The first kappa shape index (κ1) is 17.1. The van der Waals surface area contributed by atoms with E-state index in [0.717, 1.165) is 11.8 Å². The summed E-state index contributed by atoms with van der Waals surface area (Å²) >= 11 is 0. The zero-order valence-corrected chi connectivity index (χ0v) is 15.8. The molecule has 0 unspecified atom stereocenters. The second-order valence-electron chi connectivity index (χ2n) is 8.52. The van der Waals surface area contributed by atoms with Crippen molar-refractivity contribution in [2.75, 3.05) is 0 Å². The van der Waals surface area contributed by atoms with Gasteiger partial charge in [0.1, 0.15) is 0 Å². The summed E-state index contributed by atoms with van der Waals surface area (Å²) in [5.74, 6) is 2.63. The second-order valence-corrected chi connectivity index (χ2v) is 11.0. The van der Waals surface area contributed by atoms with Crippen molar-refractivity contribution in [3.05, 3.63) is 29.8 Å². The minimum atomic E-state index is -3.47. The minimum absolute atomic E-state index is 0.159. The van der Waals surface area contributed by atoms with Crippen LogP contribution in [0.1, 0.15) is 56.3 Å². The Morgan fingerprint density at radius 3 is 2.12 bits per heavy atom. The molecule has 25 heavy (non-hydrogen) atoms. The van der Waals surface area contributed by atoms with Crippen molar-refractivity contribution in [2.45, 2.75) is 62.1 Å². The van der Waals surface area contributed by atoms with Crippen LogP contribution in [0, 0.1) is 23.7 Å². The van der Waals surface area contributed by atoms with E-state index in [2.05, 4.69) is 5.32 Å². The number of amides is 1. The summed E-state index contributed by atoms with van der Waals surface area (Å²) in [7, 11) is -3.47. The van der Waals surface area contributed by atoms with Crippen LogP contribution in [0.25, 0.3) is 0 Å². The van der Waals surface area contributed by atoms with E-state index in [0.29, 0.717) is 17.4 Å². The molecule has 4 aliphatic carbocycles. The Morgan fingerprint density at radius 1 is 1.00 bits per heavy atom. The standard InChI is InChI=1S/C20H27NO3S/c1-12(2)25(23,24)18-6-4-3-5-17(18)20(22)21-19-15-8-13-7-14(10-15)11-16(19)9-13/h3-6,12-16,19H,7-11H2,1-2H3,(H,21,22). The first-order valence-electron chi connectivity index (χ1n) is 9.50. The van der Waals surface area contributed by atoms with Crippen LogP contribution in [-0.2, 0) is 9.84 Å². The lowest BCUT2D eigenvalue weighted by molar-refractivity contribution is -0.0120. The van der Waals surface area contributed by atoms with E-state index in [4.69, 9.17) is 0 Å². The van der Waals surface area contributed by atoms with Crippen LogP contribution in [-0.4, -0.2) is 25.6 Å². The second kappa shape index (κ2) is 6.11. The van der Waals surface area contributed by atoms with Crippen molar-refractivity contribution in [2.24, 2.45) is 23.7 Å². The molecule has 0 spiro atoms. The average molecular weight is 362 g/mol. The van der Waals surface area contributed by atoms with Crippen LogP contribution in [0.15, 0.2) is 29.2 Å². The molecule has 4 bridgehead atoms. The maximum absolute atomic E-state index is 13.0. The SMILES string of the molecule is CC(C)S(=O)(=O)c1ccccc1C(=O)NC1C2CC3CC(C2)CC1C3. The third-order valence-corrected chi connectivity index (χ3v) is 8.79.